The molecule has 2 aliphatic rings. The monoisotopic (exact) mass is 490 g/mol. The summed E-state index contributed by atoms with van der Waals surface area (Å²) in [5.74, 6) is 1.28. The van der Waals surface area contributed by atoms with Gasteiger partial charge in [0.05, 0.1) is 6.61 Å². The van der Waals surface area contributed by atoms with Crippen LogP contribution in [0.15, 0.2) is 48.0 Å². The van der Waals surface area contributed by atoms with Crippen LogP contribution in [-0.2, 0) is 9.53 Å². The lowest BCUT2D eigenvalue weighted by molar-refractivity contribution is -0.117. The van der Waals surface area contributed by atoms with Crippen molar-refractivity contribution < 1.29 is 19.1 Å². The Hall–Kier alpha value is -3.28. The zero-order valence-electron chi connectivity index (χ0n) is 21.9. The van der Waals surface area contributed by atoms with E-state index in [0.717, 1.165) is 47.3 Å². The Balaban J connectivity index is 1.30. The number of carbonyl (C=O) groups excluding carboxylic acids is 2. The van der Waals surface area contributed by atoms with E-state index in [4.69, 9.17) is 9.47 Å². The molecule has 1 N–H and O–H groups in total. The van der Waals surface area contributed by atoms with Crippen molar-refractivity contribution >= 4 is 18.1 Å². The van der Waals surface area contributed by atoms with Gasteiger partial charge in [0.2, 0.25) is 5.91 Å². The van der Waals surface area contributed by atoms with Gasteiger partial charge in [-0.3, -0.25) is 4.79 Å². The topological polar surface area (TPSA) is 67.9 Å². The minimum atomic E-state index is -0.474. The molecular formula is C30H38N2O4. The summed E-state index contributed by atoms with van der Waals surface area (Å²) in [5.41, 5.74) is 4.68. The number of likely N-dealkylation sites (tertiary alicyclic amines) is 1. The Kier molecular flexibility index (Phi) is 8.02. The molecule has 0 spiro atoms. The summed E-state index contributed by atoms with van der Waals surface area (Å²) in [6, 6.07) is 14.6. The van der Waals surface area contributed by atoms with Crippen molar-refractivity contribution in [3.05, 3.63) is 59.2 Å². The van der Waals surface area contributed by atoms with Crippen LogP contribution in [0.2, 0.25) is 0 Å². The van der Waals surface area contributed by atoms with Crippen molar-refractivity contribution in [1.82, 2.24) is 10.2 Å². The van der Waals surface area contributed by atoms with Gasteiger partial charge < -0.3 is 19.7 Å². The summed E-state index contributed by atoms with van der Waals surface area (Å²) < 4.78 is 11.4. The van der Waals surface area contributed by atoms with E-state index in [2.05, 4.69) is 48.6 Å². The Labute approximate surface area is 214 Å². The SMILES string of the molecule is Cc1ccc(-c2ccc3c(c2)C=C(C(=O)NCCC2CCN(C(=O)OC(C)(C)C)CC2)CCO3)cc1. The molecule has 0 atom stereocenters. The van der Waals surface area contributed by atoms with Crippen LogP contribution in [0.5, 0.6) is 5.75 Å². The molecule has 0 saturated carbocycles. The minimum Gasteiger partial charge on any atom is -0.493 e. The molecular weight excluding hydrogens is 452 g/mol. The van der Waals surface area contributed by atoms with Gasteiger partial charge in [0.25, 0.3) is 0 Å². The number of piperidine rings is 1. The Morgan fingerprint density at radius 3 is 2.44 bits per heavy atom. The zero-order valence-corrected chi connectivity index (χ0v) is 21.9. The number of nitrogens with zero attached hydrogens (tertiary/aromatic N) is 1. The predicted octanol–water partition coefficient (Wildman–Crippen LogP) is 5.98. The van der Waals surface area contributed by atoms with E-state index in [-0.39, 0.29) is 12.0 Å². The number of hydrogen-bond donors (Lipinski definition) is 1. The van der Waals surface area contributed by atoms with Crippen LogP contribution in [0, 0.1) is 12.8 Å². The third-order valence-electron chi connectivity index (χ3n) is 6.75. The molecule has 4 rings (SSSR count). The van der Waals surface area contributed by atoms with Gasteiger partial charge >= 0.3 is 6.09 Å². The Morgan fingerprint density at radius 2 is 1.75 bits per heavy atom. The molecule has 192 valence electrons. The fraction of sp³-hybridized carbons (Fsp3) is 0.467. The smallest absolute Gasteiger partial charge is 0.410 e. The van der Waals surface area contributed by atoms with Crippen LogP contribution >= 0.6 is 0 Å². The summed E-state index contributed by atoms with van der Waals surface area (Å²) in [6.07, 6.45) is 5.08. The standard InChI is InChI=1S/C30H38N2O4/c1-21-5-7-23(8-6-21)24-9-10-27-26(19-24)20-25(14-18-35-27)28(33)31-15-11-22-12-16-32(17-13-22)29(34)36-30(2,3)4/h5-10,19-20,22H,11-18H2,1-4H3,(H,31,33). The summed E-state index contributed by atoms with van der Waals surface area (Å²) in [5, 5.41) is 3.11. The molecule has 2 aromatic carbocycles. The van der Waals surface area contributed by atoms with Gasteiger partial charge in [0, 0.05) is 37.2 Å². The molecule has 1 fully saturated rings. The molecule has 2 heterocycles. The van der Waals surface area contributed by atoms with E-state index in [1.807, 2.05) is 32.9 Å². The lowest BCUT2D eigenvalue weighted by Gasteiger charge is -2.33. The molecule has 2 aliphatic heterocycles. The van der Waals surface area contributed by atoms with E-state index >= 15 is 0 Å². The first kappa shape index (κ1) is 25.8. The van der Waals surface area contributed by atoms with E-state index in [0.29, 0.717) is 38.6 Å². The van der Waals surface area contributed by atoms with Crippen molar-refractivity contribution in [2.75, 3.05) is 26.2 Å². The minimum absolute atomic E-state index is 0.0293. The number of nitrogens with one attached hydrogen (secondary N) is 1. The van der Waals surface area contributed by atoms with Crippen molar-refractivity contribution in [2.24, 2.45) is 5.92 Å². The van der Waals surface area contributed by atoms with Gasteiger partial charge in [0.15, 0.2) is 0 Å². The lowest BCUT2D eigenvalue weighted by Crippen LogP contribution is -2.42. The van der Waals surface area contributed by atoms with Gasteiger partial charge in [-0.1, -0.05) is 35.9 Å². The number of benzene rings is 2. The second-order valence-corrected chi connectivity index (χ2v) is 10.8. The number of hydrogen-bond acceptors (Lipinski definition) is 4. The maximum Gasteiger partial charge on any atom is 0.410 e. The van der Waals surface area contributed by atoms with Gasteiger partial charge in [-0.2, -0.15) is 0 Å². The van der Waals surface area contributed by atoms with Crippen LogP contribution in [0.1, 0.15) is 57.6 Å². The fourth-order valence-corrected chi connectivity index (χ4v) is 4.66. The van der Waals surface area contributed by atoms with Crippen LogP contribution in [0.4, 0.5) is 4.79 Å². The molecule has 0 aromatic heterocycles. The molecule has 6 nitrogen and oxygen atoms in total. The third kappa shape index (κ3) is 6.90. The normalized spacial score (nSPS) is 16.3. The maximum absolute atomic E-state index is 13.0. The summed E-state index contributed by atoms with van der Waals surface area (Å²) >= 11 is 0. The van der Waals surface area contributed by atoms with E-state index < -0.39 is 5.60 Å². The largest absolute Gasteiger partial charge is 0.493 e. The molecule has 2 amide bonds. The number of aryl methyl sites for hydroxylation is 1. The molecule has 2 aromatic rings. The van der Waals surface area contributed by atoms with Gasteiger partial charge in [-0.15, -0.1) is 0 Å². The first-order valence-electron chi connectivity index (χ1n) is 13.0. The maximum atomic E-state index is 13.0. The Bertz CT molecular complexity index is 1110. The summed E-state index contributed by atoms with van der Waals surface area (Å²) in [6.45, 7) is 10.3. The van der Waals surface area contributed by atoms with Gasteiger partial charge in [-0.05, 0) is 82.2 Å². The highest BCUT2D eigenvalue weighted by Gasteiger charge is 2.27. The number of ether oxygens (including phenoxy) is 2. The van der Waals surface area contributed by atoms with Crippen molar-refractivity contribution in [1.29, 1.82) is 0 Å². The van der Waals surface area contributed by atoms with E-state index in [9.17, 15) is 9.59 Å². The quantitative estimate of drug-likeness (QED) is 0.560. The first-order valence-corrected chi connectivity index (χ1v) is 13.0. The third-order valence-corrected chi connectivity index (χ3v) is 6.75. The van der Waals surface area contributed by atoms with E-state index in [1.165, 1.54) is 5.56 Å². The molecule has 1 saturated heterocycles. The molecule has 0 radical (unpaired) electrons. The number of fused-ring (bicyclic) bond motifs is 1. The highest BCUT2D eigenvalue weighted by Crippen LogP contribution is 2.31. The molecule has 0 aliphatic carbocycles. The fourth-order valence-electron chi connectivity index (χ4n) is 4.66. The second kappa shape index (κ2) is 11.2. The van der Waals surface area contributed by atoms with Crippen LogP contribution in [-0.4, -0.2) is 48.7 Å². The van der Waals surface area contributed by atoms with Crippen LogP contribution < -0.4 is 10.1 Å². The average Bonchev–Trinajstić information content (AvgIpc) is 3.06. The second-order valence-electron chi connectivity index (χ2n) is 10.8. The predicted molar refractivity (Wildman–Crippen MR) is 143 cm³/mol. The van der Waals surface area contributed by atoms with Crippen molar-refractivity contribution in [3.8, 4) is 16.9 Å². The number of amides is 2. The zero-order chi connectivity index (χ0) is 25.7. The molecule has 0 unspecified atom stereocenters. The van der Waals surface area contributed by atoms with Crippen molar-refractivity contribution in [3.63, 3.8) is 0 Å². The van der Waals surface area contributed by atoms with Crippen LogP contribution in [0.3, 0.4) is 0 Å². The number of carbonyl (C=O) groups is 2. The van der Waals surface area contributed by atoms with Gasteiger partial charge in [-0.25, -0.2) is 4.79 Å². The highest BCUT2D eigenvalue weighted by molar-refractivity contribution is 5.98. The lowest BCUT2D eigenvalue weighted by atomic mass is 9.93. The van der Waals surface area contributed by atoms with Crippen molar-refractivity contribution in [2.45, 2.75) is 59.0 Å². The average molecular weight is 491 g/mol. The molecule has 6 heteroatoms. The molecule has 36 heavy (non-hydrogen) atoms. The van der Waals surface area contributed by atoms with Crippen LogP contribution in [0.25, 0.3) is 17.2 Å². The summed E-state index contributed by atoms with van der Waals surface area (Å²) in [4.78, 5) is 27.0. The number of rotatable bonds is 5. The highest BCUT2D eigenvalue weighted by atomic mass is 16.6. The molecule has 0 bridgehead atoms. The van der Waals surface area contributed by atoms with Gasteiger partial charge in [0.1, 0.15) is 11.4 Å². The first-order chi connectivity index (χ1) is 17.2. The summed E-state index contributed by atoms with van der Waals surface area (Å²) in [7, 11) is 0. The van der Waals surface area contributed by atoms with E-state index in [1.54, 1.807) is 4.90 Å². The Morgan fingerprint density at radius 1 is 1.06 bits per heavy atom.